The zero-order chi connectivity index (χ0) is 31.4. The van der Waals surface area contributed by atoms with Crippen LogP contribution in [0.25, 0.3) is 0 Å². The summed E-state index contributed by atoms with van der Waals surface area (Å²) in [5.41, 5.74) is 1.23. The van der Waals surface area contributed by atoms with Crippen LogP contribution in [0.15, 0.2) is 34.7 Å². The Bertz CT molecular complexity index is 1400. The first kappa shape index (κ1) is 32.4. The van der Waals surface area contributed by atoms with Gasteiger partial charge in [-0.15, -0.1) is 0 Å². The number of oxazole rings is 1. The van der Waals surface area contributed by atoms with Crippen LogP contribution >= 0.6 is 0 Å². The van der Waals surface area contributed by atoms with Gasteiger partial charge in [0.05, 0.1) is 13.2 Å². The molecule has 2 aromatic heterocycles. The molecule has 2 amide bonds. The summed E-state index contributed by atoms with van der Waals surface area (Å²) in [6.45, 7) is 17.0. The molecule has 0 saturated heterocycles. The summed E-state index contributed by atoms with van der Waals surface area (Å²) >= 11 is 0. The van der Waals surface area contributed by atoms with Crippen LogP contribution in [-0.2, 0) is 16.0 Å². The Morgan fingerprint density at radius 2 is 1.55 bits per heavy atom. The number of aryl methyl sites for hydroxylation is 1. The van der Waals surface area contributed by atoms with Gasteiger partial charge in [0, 0.05) is 12.2 Å². The summed E-state index contributed by atoms with van der Waals surface area (Å²) in [5.74, 6) is -0.215. The number of hydrogen-bond acceptors (Lipinski definition) is 8. The number of hydrogen-bond donors (Lipinski definition) is 2. The second-order valence-corrected chi connectivity index (χ2v) is 12.0. The molecule has 2 N–H and O–H groups in total. The lowest BCUT2D eigenvalue weighted by Crippen LogP contribution is -2.38. The van der Waals surface area contributed by atoms with Gasteiger partial charge in [-0.1, -0.05) is 58.0 Å². The standard InChI is InChI=1S/C31H43N5O6/c1-17(2)22(35-30(39)42-31(7,8)9)26-32-24(19(5)36(26)16-21-14-12-11-13-15-21)27(37)33-23(18(3)4)28-34-25(20(6)41-28)29(38)40-10/h11-15,17-18,22-23H,16H2,1-10H3,(H,33,37)(H,35,39)/t22-,23-/m0/s1. The first-order chi connectivity index (χ1) is 19.6. The van der Waals surface area contributed by atoms with E-state index >= 15 is 0 Å². The van der Waals surface area contributed by atoms with E-state index in [2.05, 4.69) is 15.6 Å². The Hall–Kier alpha value is -4.15. The van der Waals surface area contributed by atoms with Gasteiger partial charge >= 0.3 is 12.1 Å². The van der Waals surface area contributed by atoms with Crippen molar-refractivity contribution in [3.63, 3.8) is 0 Å². The van der Waals surface area contributed by atoms with Crippen molar-refractivity contribution in [2.75, 3.05) is 7.11 Å². The van der Waals surface area contributed by atoms with E-state index in [-0.39, 0.29) is 29.1 Å². The van der Waals surface area contributed by atoms with Crippen molar-refractivity contribution >= 4 is 18.0 Å². The number of nitrogens with zero attached hydrogens (tertiary/aromatic N) is 3. The Kier molecular flexibility index (Phi) is 10.2. The molecule has 0 bridgehead atoms. The molecule has 0 aliphatic carbocycles. The van der Waals surface area contributed by atoms with Crippen molar-refractivity contribution in [2.45, 2.75) is 86.5 Å². The molecule has 3 rings (SSSR count). The fourth-order valence-electron chi connectivity index (χ4n) is 4.50. The molecular weight excluding hydrogens is 538 g/mol. The Morgan fingerprint density at radius 1 is 0.929 bits per heavy atom. The SMILES string of the molecule is COC(=O)c1nc([C@@H](NC(=O)c2nc([C@@H](NC(=O)OC(C)(C)C)C(C)C)n(Cc3ccccc3)c2C)C(C)C)oc1C. The first-order valence-corrected chi connectivity index (χ1v) is 14.1. The third-order valence-corrected chi connectivity index (χ3v) is 6.68. The number of methoxy groups -OCH3 is 1. The molecule has 0 fully saturated rings. The highest BCUT2D eigenvalue weighted by atomic mass is 16.6. The second-order valence-electron chi connectivity index (χ2n) is 12.0. The van der Waals surface area contributed by atoms with Crippen LogP contribution in [0, 0.1) is 25.7 Å². The third kappa shape index (κ3) is 7.77. The molecule has 2 atom stereocenters. The zero-order valence-corrected chi connectivity index (χ0v) is 26.2. The van der Waals surface area contributed by atoms with Gasteiger partial charge in [-0.25, -0.2) is 19.6 Å². The van der Waals surface area contributed by atoms with Crippen molar-refractivity contribution in [2.24, 2.45) is 11.8 Å². The monoisotopic (exact) mass is 581 g/mol. The van der Waals surface area contributed by atoms with Crippen LogP contribution in [0.4, 0.5) is 4.79 Å². The van der Waals surface area contributed by atoms with Gasteiger partial charge in [0.25, 0.3) is 5.91 Å². The first-order valence-electron chi connectivity index (χ1n) is 14.1. The predicted molar refractivity (Wildman–Crippen MR) is 157 cm³/mol. The highest BCUT2D eigenvalue weighted by molar-refractivity contribution is 5.94. The molecule has 0 aliphatic heterocycles. The van der Waals surface area contributed by atoms with Crippen LogP contribution in [0.5, 0.6) is 0 Å². The summed E-state index contributed by atoms with van der Waals surface area (Å²) in [4.78, 5) is 47.8. The quantitative estimate of drug-likeness (QED) is 0.292. The minimum atomic E-state index is -0.677. The zero-order valence-electron chi connectivity index (χ0n) is 26.2. The van der Waals surface area contributed by atoms with Crippen molar-refractivity contribution in [1.82, 2.24) is 25.2 Å². The lowest BCUT2D eigenvalue weighted by atomic mass is 10.0. The number of aromatic nitrogens is 3. The Balaban J connectivity index is 2.03. The van der Waals surface area contributed by atoms with Crippen molar-refractivity contribution in [1.29, 1.82) is 0 Å². The molecule has 1 aromatic carbocycles. The fraction of sp³-hybridized carbons (Fsp3) is 0.516. The van der Waals surface area contributed by atoms with E-state index in [0.717, 1.165) is 5.56 Å². The summed E-state index contributed by atoms with van der Waals surface area (Å²) < 4.78 is 18.0. The van der Waals surface area contributed by atoms with E-state index in [1.54, 1.807) is 27.7 Å². The maximum Gasteiger partial charge on any atom is 0.408 e. The van der Waals surface area contributed by atoms with Crippen LogP contribution in [0.3, 0.4) is 0 Å². The Labute approximate surface area is 247 Å². The molecule has 0 spiro atoms. The molecule has 3 aromatic rings. The van der Waals surface area contributed by atoms with Crippen molar-refractivity contribution < 1.29 is 28.3 Å². The number of rotatable bonds is 10. The Morgan fingerprint density at radius 3 is 2.10 bits per heavy atom. The smallest absolute Gasteiger partial charge is 0.408 e. The van der Waals surface area contributed by atoms with Gasteiger partial charge in [0.15, 0.2) is 5.69 Å². The number of amides is 2. The molecule has 0 radical (unpaired) electrons. The number of benzene rings is 1. The van der Waals surface area contributed by atoms with E-state index in [0.29, 0.717) is 23.8 Å². The molecule has 0 unspecified atom stereocenters. The van der Waals surface area contributed by atoms with Crippen LogP contribution < -0.4 is 10.6 Å². The number of ether oxygens (including phenoxy) is 2. The number of imidazole rings is 1. The second kappa shape index (κ2) is 13.2. The topological polar surface area (TPSA) is 138 Å². The van der Waals surface area contributed by atoms with Gasteiger partial charge in [0.1, 0.15) is 28.9 Å². The minimum absolute atomic E-state index is 0.0611. The molecule has 0 aliphatic rings. The fourth-order valence-corrected chi connectivity index (χ4v) is 4.50. The van der Waals surface area contributed by atoms with E-state index in [1.807, 2.05) is 69.5 Å². The summed E-state index contributed by atoms with van der Waals surface area (Å²) in [7, 11) is 1.27. The van der Waals surface area contributed by atoms with Gasteiger partial charge in [-0.2, -0.15) is 0 Å². The summed E-state index contributed by atoms with van der Waals surface area (Å²) in [6, 6.07) is 8.64. The molecule has 11 heteroatoms. The van der Waals surface area contributed by atoms with Crippen LogP contribution in [-0.4, -0.2) is 45.2 Å². The molecule has 0 saturated carbocycles. The van der Waals surface area contributed by atoms with Gasteiger partial charge in [0.2, 0.25) is 5.89 Å². The number of carbonyl (C=O) groups is 3. The number of nitrogens with one attached hydrogen (secondary N) is 2. The molecule has 11 nitrogen and oxygen atoms in total. The van der Waals surface area contributed by atoms with Crippen LogP contribution in [0.1, 0.15) is 110 Å². The van der Waals surface area contributed by atoms with Crippen molar-refractivity contribution in [3.8, 4) is 0 Å². The highest BCUT2D eigenvalue weighted by Gasteiger charge is 2.32. The van der Waals surface area contributed by atoms with Crippen molar-refractivity contribution in [3.05, 3.63) is 70.5 Å². The number of esters is 1. The molecule has 228 valence electrons. The van der Waals surface area contributed by atoms with E-state index in [1.165, 1.54) is 7.11 Å². The molecular formula is C31H43N5O6. The van der Waals surface area contributed by atoms with E-state index in [4.69, 9.17) is 18.9 Å². The van der Waals surface area contributed by atoms with Gasteiger partial charge < -0.3 is 29.1 Å². The third-order valence-electron chi connectivity index (χ3n) is 6.68. The summed E-state index contributed by atoms with van der Waals surface area (Å²) in [5, 5.41) is 5.96. The number of carbonyl (C=O) groups excluding carboxylic acids is 3. The van der Waals surface area contributed by atoms with Gasteiger partial charge in [-0.3, -0.25) is 4.79 Å². The average Bonchev–Trinajstić information content (AvgIpc) is 3.44. The average molecular weight is 582 g/mol. The molecule has 2 heterocycles. The molecule has 42 heavy (non-hydrogen) atoms. The van der Waals surface area contributed by atoms with Crippen LogP contribution in [0.2, 0.25) is 0 Å². The lowest BCUT2D eigenvalue weighted by molar-refractivity contribution is 0.0484. The minimum Gasteiger partial charge on any atom is -0.464 e. The van der Waals surface area contributed by atoms with E-state index in [9.17, 15) is 14.4 Å². The normalized spacial score (nSPS) is 13.1. The maximum atomic E-state index is 13.8. The highest BCUT2D eigenvalue weighted by Crippen LogP contribution is 2.28. The maximum absolute atomic E-state index is 13.8. The summed E-state index contributed by atoms with van der Waals surface area (Å²) in [6.07, 6.45) is -0.570. The number of alkyl carbamates (subject to hydrolysis) is 1. The van der Waals surface area contributed by atoms with Gasteiger partial charge in [-0.05, 0) is 52.0 Å². The largest absolute Gasteiger partial charge is 0.464 e. The predicted octanol–water partition coefficient (Wildman–Crippen LogP) is 5.67. The van der Waals surface area contributed by atoms with E-state index < -0.39 is 35.7 Å². The lowest BCUT2D eigenvalue weighted by Gasteiger charge is -2.26.